The number of unbranched alkanes of at least 4 members (excludes halogenated alkanes) is 2. The molecule has 0 saturated carbocycles. The number of thioether (sulfide) groups is 1. The zero-order chi connectivity index (χ0) is 21.0. The Morgan fingerprint density at radius 3 is 2.76 bits per heavy atom. The molecule has 1 aromatic rings. The lowest BCUT2D eigenvalue weighted by Crippen LogP contribution is -2.39. The lowest BCUT2D eigenvalue weighted by atomic mass is 10.1. The number of thiocarbonyl (C=S) groups is 1. The molecule has 0 aliphatic carbocycles. The third-order valence-corrected chi connectivity index (χ3v) is 7.97. The molecule has 6 nitrogen and oxygen atoms in total. The summed E-state index contributed by atoms with van der Waals surface area (Å²) in [6, 6.07) is 5.15. The molecule has 1 atom stereocenters. The molecule has 2 saturated heterocycles. The van der Waals surface area contributed by atoms with E-state index in [2.05, 4.69) is 6.92 Å². The van der Waals surface area contributed by atoms with E-state index in [1.54, 1.807) is 13.2 Å². The van der Waals surface area contributed by atoms with E-state index in [0.717, 1.165) is 24.8 Å². The first-order valence-corrected chi connectivity index (χ1v) is 12.7. The normalized spacial score (nSPS) is 22.5. The lowest BCUT2D eigenvalue weighted by molar-refractivity contribution is -0.123. The van der Waals surface area contributed by atoms with E-state index >= 15 is 0 Å². The van der Waals surface area contributed by atoms with Crippen molar-refractivity contribution in [2.24, 2.45) is 0 Å². The molecule has 1 aromatic carbocycles. The third-order valence-electron chi connectivity index (χ3n) is 4.89. The Morgan fingerprint density at radius 2 is 2.10 bits per heavy atom. The minimum Gasteiger partial charge on any atom is -0.493 e. The molecule has 29 heavy (non-hydrogen) atoms. The van der Waals surface area contributed by atoms with Crippen molar-refractivity contribution in [3.05, 3.63) is 28.7 Å². The van der Waals surface area contributed by atoms with Gasteiger partial charge >= 0.3 is 0 Å². The molecule has 2 fully saturated rings. The predicted molar refractivity (Wildman–Crippen MR) is 120 cm³/mol. The largest absolute Gasteiger partial charge is 0.493 e. The van der Waals surface area contributed by atoms with Gasteiger partial charge in [-0.2, -0.15) is 0 Å². The number of amides is 1. The van der Waals surface area contributed by atoms with Gasteiger partial charge in [-0.15, -0.1) is 0 Å². The molecule has 2 aliphatic heterocycles. The SMILES string of the molecule is CCCCCOc1ccc(/C=C2\SC(=S)N([C@H]3CCS(=O)(=O)C3)C2=O)cc1OC. The zero-order valence-electron chi connectivity index (χ0n) is 16.5. The van der Waals surface area contributed by atoms with E-state index in [-0.39, 0.29) is 23.5 Å². The van der Waals surface area contributed by atoms with Crippen LogP contribution in [0.1, 0.15) is 38.2 Å². The van der Waals surface area contributed by atoms with Gasteiger partial charge in [0.15, 0.2) is 21.3 Å². The highest BCUT2D eigenvalue weighted by molar-refractivity contribution is 8.26. The molecule has 0 spiro atoms. The zero-order valence-corrected chi connectivity index (χ0v) is 19.0. The van der Waals surface area contributed by atoms with E-state index < -0.39 is 9.84 Å². The average molecular weight is 456 g/mol. The lowest BCUT2D eigenvalue weighted by Gasteiger charge is -2.20. The number of sulfone groups is 1. The molecule has 0 bridgehead atoms. The molecule has 0 aromatic heterocycles. The number of nitrogens with zero attached hydrogens (tertiary/aromatic N) is 1. The molecular formula is C20H25NO5S3. The molecule has 0 radical (unpaired) electrons. The minimum atomic E-state index is -3.09. The summed E-state index contributed by atoms with van der Waals surface area (Å²) in [6.45, 7) is 2.77. The van der Waals surface area contributed by atoms with Crippen molar-refractivity contribution in [2.75, 3.05) is 25.2 Å². The van der Waals surface area contributed by atoms with Crippen LogP contribution in [0.15, 0.2) is 23.1 Å². The summed E-state index contributed by atoms with van der Waals surface area (Å²) >= 11 is 6.55. The molecular weight excluding hydrogens is 430 g/mol. The number of carbonyl (C=O) groups is 1. The predicted octanol–water partition coefficient (Wildman–Crippen LogP) is 3.65. The van der Waals surface area contributed by atoms with Crippen LogP contribution in [-0.4, -0.2) is 54.8 Å². The average Bonchev–Trinajstić information content (AvgIpc) is 3.17. The molecule has 2 aliphatic rings. The Balaban J connectivity index is 1.74. The van der Waals surface area contributed by atoms with Gasteiger partial charge in [0.1, 0.15) is 4.32 Å². The second-order valence-corrected chi connectivity index (χ2v) is 11.0. The van der Waals surface area contributed by atoms with Crippen LogP contribution in [0.25, 0.3) is 6.08 Å². The highest BCUT2D eigenvalue weighted by Crippen LogP contribution is 2.37. The summed E-state index contributed by atoms with van der Waals surface area (Å²) in [6.07, 6.45) is 5.42. The van der Waals surface area contributed by atoms with Crippen molar-refractivity contribution in [1.82, 2.24) is 4.90 Å². The highest BCUT2D eigenvalue weighted by atomic mass is 32.2. The topological polar surface area (TPSA) is 72.9 Å². The van der Waals surface area contributed by atoms with Crippen LogP contribution in [0, 0.1) is 0 Å². The first-order chi connectivity index (χ1) is 13.8. The number of carbonyl (C=O) groups excluding carboxylic acids is 1. The molecule has 2 heterocycles. The van der Waals surface area contributed by atoms with Crippen LogP contribution in [-0.2, 0) is 14.6 Å². The molecule has 9 heteroatoms. The van der Waals surface area contributed by atoms with E-state index in [9.17, 15) is 13.2 Å². The Labute approximate surface area is 181 Å². The van der Waals surface area contributed by atoms with Crippen LogP contribution in [0.3, 0.4) is 0 Å². The van der Waals surface area contributed by atoms with Gasteiger partial charge in [-0.25, -0.2) is 8.42 Å². The summed E-state index contributed by atoms with van der Waals surface area (Å²) in [7, 11) is -1.51. The van der Waals surface area contributed by atoms with Crippen molar-refractivity contribution in [3.8, 4) is 11.5 Å². The Kier molecular flexibility index (Phi) is 7.23. The first kappa shape index (κ1) is 22.1. The number of benzene rings is 1. The highest BCUT2D eigenvalue weighted by Gasteiger charge is 2.42. The second kappa shape index (κ2) is 9.49. The minimum absolute atomic E-state index is 0.0232. The van der Waals surface area contributed by atoms with Gasteiger partial charge in [-0.05, 0) is 36.6 Å². The second-order valence-electron chi connectivity index (χ2n) is 7.07. The number of hydrogen-bond acceptors (Lipinski definition) is 7. The summed E-state index contributed by atoms with van der Waals surface area (Å²) in [5, 5.41) is 0. The summed E-state index contributed by atoms with van der Waals surface area (Å²) in [5.41, 5.74) is 0.794. The van der Waals surface area contributed by atoms with E-state index in [1.807, 2.05) is 18.2 Å². The number of rotatable bonds is 8. The first-order valence-electron chi connectivity index (χ1n) is 9.63. The van der Waals surface area contributed by atoms with Crippen molar-refractivity contribution in [1.29, 1.82) is 0 Å². The van der Waals surface area contributed by atoms with E-state index in [0.29, 0.717) is 33.8 Å². The Bertz CT molecular complexity index is 926. The van der Waals surface area contributed by atoms with Crippen LogP contribution in [0.4, 0.5) is 0 Å². The fraction of sp³-hybridized carbons (Fsp3) is 0.500. The summed E-state index contributed by atoms with van der Waals surface area (Å²) in [5.74, 6) is 1.12. The molecule has 3 rings (SSSR count). The number of ether oxygens (including phenoxy) is 2. The van der Waals surface area contributed by atoms with Gasteiger partial charge in [0.05, 0.1) is 36.2 Å². The maximum absolute atomic E-state index is 12.8. The van der Waals surface area contributed by atoms with Crippen molar-refractivity contribution in [3.63, 3.8) is 0 Å². The van der Waals surface area contributed by atoms with Gasteiger partial charge in [0.25, 0.3) is 5.91 Å². The quantitative estimate of drug-likeness (QED) is 0.336. The summed E-state index contributed by atoms with van der Waals surface area (Å²) < 4.78 is 35.2. The van der Waals surface area contributed by atoms with Gasteiger partial charge in [-0.1, -0.05) is 49.8 Å². The van der Waals surface area contributed by atoms with Gasteiger partial charge in [-0.3, -0.25) is 9.69 Å². The standard InChI is InChI=1S/C20H25NO5S3/c1-3-4-5-9-26-16-7-6-14(11-17(16)25-2)12-18-19(22)21(20(27)28-18)15-8-10-29(23,24)13-15/h6-7,11-12,15H,3-5,8-10,13H2,1-2H3/b18-12-/t15-/m0/s1. The van der Waals surface area contributed by atoms with Gasteiger partial charge in [0, 0.05) is 0 Å². The van der Waals surface area contributed by atoms with E-state index in [1.165, 1.54) is 16.7 Å². The fourth-order valence-electron chi connectivity index (χ4n) is 3.35. The van der Waals surface area contributed by atoms with E-state index in [4.69, 9.17) is 21.7 Å². The Hall–Kier alpha value is -1.58. The maximum Gasteiger partial charge on any atom is 0.266 e. The van der Waals surface area contributed by atoms with Crippen molar-refractivity contribution >= 4 is 50.1 Å². The van der Waals surface area contributed by atoms with Gasteiger partial charge < -0.3 is 9.47 Å². The molecule has 158 valence electrons. The Morgan fingerprint density at radius 1 is 1.31 bits per heavy atom. The molecule has 0 unspecified atom stereocenters. The summed E-state index contributed by atoms with van der Waals surface area (Å²) in [4.78, 5) is 14.8. The smallest absolute Gasteiger partial charge is 0.266 e. The van der Waals surface area contributed by atoms with Crippen LogP contribution in [0.5, 0.6) is 11.5 Å². The van der Waals surface area contributed by atoms with Gasteiger partial charge in [0.2, 0.25) is 0 Å². The van der Waals surface area contributed by atoms with Crippen LogP contribution < -0.4 is 9.47 Å². The van der Waals surface area contributed by atoms with Crippen LogP contribution >= 0.6 is 24.0 Å². The maximum atomic E-state index is 12.8. The number of hydrogen-bond donors (Lipinski definition) is 0. The van der Waals surface area contributed by atoms with Crippen molar-refractivity contribution in [2.45, 2.75) is 38.6 Å². The monoisotopic (exact) mass is 455 g/mol. The van der Waals surface area contributed by atoms with Crippen molar-refractivity contribution < 1.29 is 22.7 Å². The van der Waals surface area contributed by atoms with Crippen LogP contribution in [0.2, 0.25) is 0 Å². The molecule has 0 N–H and O–H groups in total. The number of methoxy groups -OCH3 is 1. The third kappa shape index (κ3) is 5.32. The fourth-order valence-corrected chi connectivity index (χ4v) is 6.45. The molecule has 1 amide bonds.